The lowest BCUT2D eigenvalue weighted by molar-refractivity contribution is -0.187. The van der Waals surface area contributed by atoms with Crippen LogP contribution in [0.3, 0.4) is 0 Å². The molecule has 2 aliphatic rings. The van der Waals surface area contributed by atoms with E-state index in [0.717, 1.165) is 0 Å². The third-order valence-electron chi connectivity index (χ3n) is 4.19. The van der Waals surface area contributed by atoms with Gasteiger partial charge in [-0.05, 0) is 26.0 Å². The Morgan fingerprint density at radius 2 is 2.17 bits per heavy atom. The van der Waals surface area contributed by atoms with Gasteiger partial charge >= 0.3 is 0 Å². The first-order valence-corrected chi connectivity index (χ1v) is 7.97. The van der Waals surface area contributed by atoms with Gasteiger partial charge in [-0.2, -0.15) is 0 Å². The van der Waals surface area contributed by atoms with E-state index in [4.69, 9.17) is 31.5 Å². The van der Waals surface area contributed by atoms with Crippen LogP contribution < -0.4 is 11.1 Å². The topological polar surface area (TPSA) is 82.8 Å². The van der Waals surface area contributed by atoms with Crippen molar-refractivity contribution in [3.63, 3.8) is 0 Å². The monoisotopic (exact) mass is 340 g/mol. The lowest BCUT2D eigenvalue weighted by Crippen LogP contribution is -2.49. The molecular formula is C16H21ClN2O4. The summed E-state index contributed by atoms with van der Waals surface area (Å²) in [6, 6.07) is 6.90. The van der Waals surface area contributed by atoms with E-state index in [-0.39, 0.29) is 18.1 Å². The SMILES string of the molecule is CC1(C)O[C@@H]2[C@@H](CNC(=O)c3ccccc3Cl)OC[C@]2(CN)O1. The van der Waals surface area contributed by atoms with Crippen LogP contribution in [0.4, 0.5) is 0 Å². The largest absolute Gasteiger partial charge is 0.370 e. The molecule has 7 heteroatoms. The van der Waals surface area contributed by atoms with E-state index < -0.39 is 11.4 Å². The zero-order valence-corrected chi connectivity index (χ0v) is 13.9. The fraction of sp³-hybridized carbons (Fsp3) is 0.562. The average molecular weight is 341 g/mol. The summed E-state index contributed by atoms with van der Waals surface area (Å²) in [5, 5.41) is 3.25. The second-order valence-corrected chi connectivity index (χ2v) is 6.76. The van der Waals surface area contributed by atoms with Crippen molar-refractivity contribution < 1.29 is 19.0 Å². The second kappa shape index (κ2) is 6.03. The van der Waals surface area contributed by atoms with Crippen LogP contribution in [0.1, 0.15) is 24.2 Å². The number of nitrogens with two attached hydrogens (primary N) is 1. The molecule has 23 heavy (non-hydrogen) atoms. The molecule has 2 heterocycles. The van der Waals surface area contributed by atoms with Crippen LogP contribution in [0.5, 0.6) is 0 Å². The lowest BCUT2D eigenvalue weighted by atomic mass is 9.97. The van der Waals surface area contributed by atoms with Crippen molar-refractivity contribution in [2.75, 3.05) is 19.7 Å². The molecule has 0 aromatic heterocycles. The molecule has 0 aliphatic carbocycles. The van der Waals surface area contributed by atoms with Gasteiger partial charge in [0.15, 0.2) is 5.79 Å². The molecule has 2 fully saturated rings. The Morgan fingerprint density at radius 3 is 2.87 bits per heavy atom. The van der Waals surface area contributed by atoms with Crippen LogP contribution in [0.2, 0.25) is 5.02 Å². The molecule has 1 amide bonds. The maximum absolute atomic E-state index is 12.2. The minimum Gasteiger partial charge on any atom is -0.370 e. The summed E-state index contributed by atoms with van der Waals surface area (Å²) in [6.45, 7) is 4.65. The summed E-state index contributed by atoms with van der Waals surface area (Å²) in [5.41, 5.74) is 5.65. The van der Waals surface area contributed by atoms with E-state index in [1.54, 1.807) is 24.3 Å². The molecule has 1 aromatic rings. The van der Waals surface area contributed by atoms with Crippen molar-refractivity contribution in [2.24, 2.45) is 5.73 Å². The number of halogens is 1. The van der Waals surface area contributed by atoms with Crippen LogP contribution in [-0.2, 0) is 14.2 Å². The summed E-state index contributed by atoms with van der Waals surface area (Å²) in [6.07, 6.45) is -0.624. The van der Waals surface area contributed by atoms with Gasteiger partial charge in [0.1, 0.15) is 17.8 Å². The molecular weight excluding hydrogens is 320 g/mol. The van der Waals surface area contributed by atoms with Crippen molar-refractivity contribution in [3.05, 3.63) is 34.9 Å². The third kappa shape index (κ3) is 3.09. The number of nitrogens with one attached hydrogen (secondary N) is 1. The molecule has 3 rings (SSSR count). The lowest BCUT2D eigenvalue weighted by Gasteiger charge is -2.24. The van der Waals surface area contributed by atoms with Crippen LogP contribution in [-0.4, -0.2) is 49.2 Å². The van der Waals surface area contributed by atoms with Crippen molar-refractivity contribution in [3.8, 4) is 0 Å². The highest BCUT2D eigenvalue weighted by atomic mass is 35.5. The molecule has 0 radical (unpaired) electrons. The summed E-state index contributed by atoms with van der Waals surface area (Å²) in [4.78, 5) is 12.2. The summed E-state index contributed by atoms with van der Waals surface area (Å²) >= 11 is 6.03. The minimum absolute atomic E-state index is 0.248. The highest BCUT2D eigenvalue weighted by Gasteiger charge is 2.60. The van der Waals surface area contributed by atoms with Gasteiger partial charge in [-0.25, -0.2) is 0 Å². The molecule has 3 N–H and O–H groups in total. The van der Waals surface area contributed by atoms with E-state index >= 15 is 0 Å². The second-order valence-electron chi connectivity index (χ2n) is 6.35. The molecule has 0 spiro atoms. The van der Waals surface area contributed by atoms with E-state index in [9.17, 15) is 4.79 Å². The fourth-order valence-corrected chi connectivity index (χ4v) is 3.38. The molecule has 0 saturated carbocycles. The number of hydrogen-bond acceptors (Lipinski definition) is 5. The van der Waals surface area contributed by atoms with E-state index in [2.05, 4.69) is 5.32 Å². The Balaban J connectivity index is 1.66. The molecule has 0 unspecified atom stereocenters. The van der Waals surface area contributed by atoms with Gasteiger partial charge < -0.3 is 25.3 Å². The smallest absolute Gasteiger partial charge is 0.252 e. The molecule has 2 aliphatic heterocycles. The van der Waals surface area contributed by atoms with E-state index in [1.165, 1.54) is 0 Å². The maximum atomic E-state index is 12.2. The number of ether oxygens (including phenoxy) is 3. The normalized spacial score (nSPS) is 31.8. The molecule has 6 nitrogen and oxygen atoms in total. The molecule has 126 valence electrons. The highest BCUT2D eigenvalue weighted by Crippen LogP contribution is 2.42. The van der Waals surface area contributed by atoms with Crippen molar-refractivity contribution in [2.45, 2.75) is 37.4 Å². The van der Waals surface area contributed by atoms with Crippen molar-refractivity contribution >= 4 is 17.5 Å². The first-order chi connectivity index (χ1) is 10.9. The highest BCUT2D eigenvalue weighted by molar-refractivity contribution is 6.33. The number of carbonyl (C=O) groups excluding carboxylic acids is 1. The number of carbonyl (C=O) groups is 1. The average Bonchev–Trinajstić information content (AvgIpc) is 2.96. The predicted octanol–water partition coefficient (Wildman–Crippen LogP) is 1.32. The Bertz CT molecular complexity index is 609. The van der Waals surface area contributed by atoms with Crippen LogP contribution >= 0.6 is 11.6 Å². The molecule has 0 bridgehead atoms. The molecule has 2 saturated heterocycles. The molecule has 1 aromatic carbocycles. The van der Waals surface area contributed by atoms with Crippen LogP contribution in [0.25, 0.3) is 0 Å². The minimum atomic E-state index is -0.710. The number of hydrogen-bond donors (Lipinski definition) is 2. The quantitative estimate of drug-likeness (QED) is 0.863. The van der Waals surface area contributed by atoms with Gasteiger partial charge in [-0.3, -0.25) is 4.79 Å². The number of benzene rings is 1. The zero-order valence-electron chi connectivity index (χ0n) is 13.2. The Kier molecular flexibility index (Phi) is 4.37. The number of rotatable bonds is 4. The van der Waals surface area contributed by atoms with E-state index in [0.29, 0.717) is 30.3 Å². The zero-order chi connectivity index (χ0) is 16.7. The number of amides is 1. The first kappa shape index (κ1) is 16.7. The first-order valence-electron chi connectivity index (χ1n) is 7.59. The van der Waals surface area contributed by atoms with Gasteiger partial charge in [0.2, 0.25) is 0 Å². The van der Waals surface area contributed by atoms with Crippen molar-refractivity contribution in [1.82, 2.24) is 5.32 Å². The van der Waals surface area contributed by atoms with Gasteiger partial charge in [0, 0.05) is 13.1 Å². The summed E-state index contributed by atoms with van der Waals surface area (Å²) in [7, 11) is 0. The Morgan fingerprint density at radius 1 is 1.43 bits per heavy atom. The van der Waals surface area contributed by atoms with Crippen LogP contribution in [0.15, 0.2) is 24.3 Å². The summed E-state index contributed by atoms with van der Waals surface area (Å²) < 4.78 is 17.6. The predicted molar refractivity (Wildman–Crippen MR) is 85.3 cm³/mol. The van der Waals surface area contributed by atoms with Crippen LogP contribution in [0, 0.1) is 0 Å². The fourth-order valence-electron chi connectivity index (χ4n) is 3.16. The third-order valence-corrected chi connectivity index (χ3v) is 4.52. The Labute approximate surface area is 140 Å². The van der Waals surface area contributed by atoms with E-state index in [1.807, 2.05) is 13.8 Å². The van der Waals surface area contributed by atoms with Gasteiger partial charge in [0.05, 0.1) is 17.2 Å². The van der Waals surface area contributed by atoms with Gasteiger partial charge in [-0.15, -0.1) is 0 Å². The van der Waals surface area contributed by atoms with Gasteiger partial charge in [0.25, 0.3) is 5.91 Å². The standard InChI is InChI=1S/C16H21ClN2O4/c1-15(2)22-13-12(21-9-16(13,8-18)23-15)7-19-14(20)10-5-3-4-6-11(10)17/h3-6,12-13H,7-9,18H2,1-2H3,(H,19,20)/t12-,13-,16+/m1/s1. The Hall–Kier alpha value is -1.18. The molecule has 3 atom stereocenters. The van der Waals surface area contributed by atoms with Crippen molar-refractivity contribution in [1.29, 1.82) is 0 Å². The van der Waals surface area contributed by atoms with Gasteiger partial charge in [-0.1, -0.05) is 23.7 Å². The number of fused-ring (bicyclic) bond motifs is 1. The maximum Gasteiger partial charge on any atom is 0.252 e. The summed E-state index contributed by atoms with van der Waals surface area (Å²) in [5.74, 6) is -0.957.